The summed E-state index contributed by atoms with van der Waals surface area (Å²) in [7, 11) is 0. The summed E-state index contributed by atoms with van der Waals surface area (Å²) in [6.45, 7) is 5.37. The van der Waals surface area contributed by atoms with Gasteiger partial charge in [-0.2, -0.15) is 0 Å². The van der Waals surface area contributed by atoms with Gasteiger partial charge in [0.05, 0.1) is 0 Å². The number of carbonyl (C=O) groups excluding carboxylic acids is 1. The number of hydrogen-bond donors (Lipinski definition) is 2. The van der Waals surface area contributed by atoms with Gasteiger partial charge in [-0.1, -0.05) is 0 Å². The molecule has 1 aromatic rings. The number of nitrogens with two attached hydrogens (primary N) is 1. The van der Waals surface area contributed by atoms with Crippen molar-refractivity contribution in [3.63, 3.8) is 0 Å². The Balaban J connectivity index is 1.64. The molecule has 0 bridgehead atoms. The van der Waals surface area contributed by atoms with Crippen molar-refractivity contribution >= 4 is 11.6 Å². The highest BCUT2D eigenvalue weighted by Gasteiger charge is 2.28. The zero-order valence-electron chi connectivity index (χ0n) is 12.8. The molecule has 1 atom stereocenters. The van der Waals surface area contributed by atoms with E-state index in [4.69, 9.17) is 5.73 Å². The van der Waals surface area contributed by atoms with Crippen LogP contribution in [0.2, 0.25) is 0 Å². The lowest BCUT2D eigenvalue weighted by atomic mass is 9.88. The number of carbonyl (C=O) groups is 1. The Kier molecular flexibility index (Phi) is 4.15. The lowest BCUT2D eigenvalue weighted by Gasteiger charge is -2.36. The smallest absolute Gasteiger partial charge is 0.248 e. The minimum atomic E-state index is -0.343. The van der Waals surface area contributed by atoms with Crippen molar-refractivity contribution in [1.29, 1.82) is 0 Å². The molecular formula is C17H25N3O. The van der Waals surface area contributed by atoms with Crippen LogP contribution in [-0.4, -0.2) is 31.6 Å². The highest BCUT2D eigenvalue weighted by Crippen LogP contribution is 2.29. The molecule has 0 aliphatic carbocycles. The third-order valence-corrected chi connectivity index (χ3v) is 5.05. The maximum atomic E-state index is 11.3. The predicted octanol–water partition coefficient (Wildman–Crippen LogP) is 2.06. The van der Waals surface area contributed by atoms with E-state index in [2.05, 4.69) is 16.3 Å². The van der Waals surface area contributed by atoms with Crippen molar-refractivity contribution in [2.45, 2.75) is 38.6 Å². The van der Waals surface area contributed by atoms with E-state index in [-0.39, 0.29) is 5.91 Å². The van der Waals surface area contributed by atoms with E-state index in [1.54, 1.807) is 0 Å². The summed E-state index contributed by atoms with van der Waals surface area (Å²) in [4.78, 5) is 13.7. The molecule has 3 rings (SSSR count). The van der Waals surface area contributed by atoms with Gasteiger partial charge in [0.2, 0.25) is 5.91 Å². The Morgan fingerprint density at radius 2 is 2.05 bits per heavy atom. The molecule has 4 heteroatoms. The van der Waals surface area contributed by atoms with Crippen LogP contribution in [0.3, 0.4) is 0 Å². The van der Waals surface area contributed by atoms with Crippen LogP contribution in [-0.2, 0) is 0 Å². The monoisotopic (exact) mass is 287 g/mol. The SMILES string of the molecule is Cc1cc(N2CCC(C3CCCN3)CC2)ccc1C(N)=O. The third kappa shape index (κ3) is 3.05. The van der Waals surface area contributed by atoms with Gasteiger partial charge >= 0.3 is 0 Å². The molecule has 4 nitrogen and oxygen atoms in total. The number of amides is 1. The topological polar surface area (TPSA) is 58.4 Å². The van der Waals surface area contributed by atoms with Crippen LogP contribution in [0.5, 0.6) is 0 Å². The van der Waals surface area contributed by atoms with E-state index < -0.39 is 0 Å². The standard InChI is InChI=1S/C17H25N3O/c1-12-11-14(4-5-15(12)17(18)21)20-9-6-13(7-10-20)16-3-2-8-19-16/h4-5,11,13,16,19H,2-3,6-10H2,1H3,(H2,18,21). The first-order chi connectivity index (χ1) is 10.1. The van der Waals surface area contributed by atoms with Crippen LogP contribution in [0.4, 0.5) is 5.69 Å². The lowest BCUT2D eigenvalue weighted by molar-refractivity contribution is 0.0999. The molecule has 3 N–H and O–H groups in total. The second-order valence-corrected chi connectivity index (χ2v) is 6.39. The number of nitrogens with one attached hydrogen (secondary N) is 1. The molecule has 1 aromatic carbocycles. The summed E-state index contributed by atoms with van der Waals surface area (Å²) in [6.07, 6.45) is 5.19. The summed E-state index contributed by atoms with van der Waals surface area (Å²) < 4.78 is 0. The van der Waals surface area contributed by atoms with Crippen LogP contribution in [0.15, 0.2) is 18.2 Å². The van der Waals surface area contributed by atoms with Crippen molar-refractivity contribution in [2.75, 3.05) is 24.5 Å². The van der Waals surface area contributed by atoms with E-state index in [1.165, 1.54) is 37.9 Å². The van der Waals surface area contributed by atoms with E-state index in [0.29, 0.717) is 5.56 Å². The molecular weight excluding hydrogens is 262 g/mol. The zero-order chi connectivity index (χ0) is 14.8. The predicted molar refractivity (Wildman–Crippen MR) is 85.7 cm³/mol. The van der Waals surface area contributed by atoms with Gasteiger partial charge in [0.25, 0.3) is 0 Å². The molecule has 0 radical (unpaired) electrons. The summed E-state index contributed by atoms with van der Waals surface area (Å²) in [6, 6.07) is 6.72. The first kappa shape index (κ1) is 14.4. The highest BCUT2D eigenvalue weighted by molar-refractivity contribution is 5.94. The molecule has 0 saturated carbocycles. The molecule has 2 saturated heterocycles. The minimum absolute atomic E-state index is 0.343. The molecule has 0 spiro atoms. The quantitative estimate of drug-likeness (QED) is 0.894. The molecule has 1 amide bonds. The number of hydrogen-bond acceptors (Lipinski definition) is 3. The van der Waals surface area contributed by atoms with E-state index in [9.17, 15) is 4.79 Å². The van der Waals surface area contributed by atoms with Gasteiger partial charge in [0, 0.05) is 30.4 Å². The molecule has 0 aromatic heterocycles. The molecule has 114 valence electrons. The number of anilines is 1. The number of benzene rings is 1. The van der Waals surface area contributed by atoms with E-state index in [0.717, 1.165) is 30.6 Å². The Hall–Kier alpha value is -1.55. The van der Waals surface area contributed by atoms with Gasteiger partial charge in [-0.3, -0.25) is 4.79 Å². The minimum Gasteiger partial charge on any atom is -0.372 e. The molecule has 2 aliphatic heterocycles. The van der Waals surface area contributed by atoms with Crippen molar-refractivity contribution in [3.8, 4) is 0 Å². The largest absolute Gasteiger partial charge is 0.372 e. The molecule has 1 unspecified atom stereocenters. The normalized spacial score (nSPS) is 23.5. The zero-order valence-corrected chi connectivity index (χ0v) is 12.8. The molecule has 21 heavy (non-hydrogen) atoms. The second kappa shape index (κ2) is 6.06. The number of rotatable bonds is 3. The fraction of sp³-hybridized carbons (Fsp3) is 0.588. The van der Waals surface area contributed by atoms with Gasteiger partial charge in [-0.25, -0.2) is 0 Å². The third-order valence-electron chi connectivity index (χ3n) is 5.05. The Bertz CT molecular complexity index is 515. The van der Waals surface area contributed by atoms with Gasteiger partial charge in [0.1, 0.15) is 0 Å². The van der Waals surface area contributed by atoms with Gasteiger partial charge in [-0.05, 0) is 68.8 Å². The van der Waals surface area contributed by atoms with Crippen LogP contribution in [0.25, 0.3) is 0 Å². The Labute approximate surface area is 126 Å². The Morgan fingerprint density at radius 3 is 2.62 bits per heavy atom. The van der Waals surface area contributed by atoms with Crippen molar-refractivity contribution in [1.82, 2.24) is 5.32 Å². The van der Waals surface area contributed by atoms with Crippen LogP contribution in [0.1, 0.15) is 41.6 Å². The summed E-state index contributed by atoms with van der Waals surface area (Å²) >= 11 is 0. The van der Waals surface area contributed by atoms with Gasteiger partial charge in [0.15, 0.2) is 0 Å². The number of primary amides is 1. The maximum Gasteiger partial charge on any atom is 0.248 e. The molecule has 2 fully saturated rings. The van der Waals surface area contributed by atoms with Crippen molar-refractivity contribution in [3.05, 3.63) is 29.3 Å². The fourth-order valence-corrected chi connectivity index (χ4v) is 3.79. The van der Waals surface area contributed by atoms with Crippen LogP contribution < -0.4 is 16.0 Å². The lowest BCUT2D eigenvalue weighted by Crippen LogP contribution is -2.41. The maximum absolute atomic E-state index is 11.3. The molecule has 2 aliphatic rings. The van der Waals surface area contributed by atoms with Gasteiger partial charge in [-0.15, -0.1) is 0 Å². The summed E-state index contributed by atoms with van der Waals surface area (Å²) in [5, 5.41) is 3.64. The van der Waals surface area contributed by atoms with Crippen molar-refractivity contribution < 1.29 is 4.79 Å². The van der Waals surface area contributed by atoms with Crippen molar-refractivity contribution in [2.24, 2.45) is 11.7 Å². The number of piperidine rings is 1. The highest BCUT2D eigenvalue weighted by atomic mass is 16.1. The second-order valence-electron chi connectivity index (χ2n) is 6.39. The van der Waals surface area contributed by atoms with Crippen LogP contribution >= 0.6 is 0 Å². The van der Waals surface area contributed by atoms with E-state index >= 15 is 0 Å². The first-order valence-electron chi connectivity index (χ1n) is 8.04. The number of aryl methyl sites for hydroxylation is 1. The fourth-order valence-electron chi connectivity index (χ4n) is 3.79. The molecule has 2 heterocycles. The number of nitrogens with zero attached hydrogens (tertiary/aromatic N) is 1. The van der Waals surface area contributed by atoms with Crippen LogP contribution in [0, 0.1) is 12.8 Å². The first-order valence-corrected chi connectivity index (χ1v) is 8.04. The summed E-state index contributed by atoms with van der Waals surface area (Å²) in [5.74, 6) is 0.486. The van der Waals surface area contributed by atoms with Gasteiger partial charge < -0.3 is 16.0 Å². The average Bonchev–Trinajstić information content (AvgIpc) is 3.01. The Morgan fingerprint density at radius 1 is 1.29 bits per heavy atom. The summed E-state index contributed by atoms with van der Waals surface area (Å²) in [5.41, 5.74) is 8.19. The average molecular weight is 287 g/mol. The van der Waals surface area contributed by atoms with E-state index in [1.807, 2.05) is 19.1 Å².